The number of anilines is 1. The first kappa shape index (κ1) is 22.3. The Hall–Kier alpha value is -1.71. The number of guanidine groups is 1. The second kappa shape index (κ2) is 11.8. The van der Waals surface area contributed by atoms with Gasteiger partial charge in [0.05, 0.1) is 6.61 Å². The first-order valence-electron chi connectivity index (χ1n) is 8.79. The van der Waals surface area contributed by atoms with Crippen molar-refractivity contribution in [3.63, 3.8) is 0 Å². The number of ether oxygens (including phenoxy) is 1. The van der Waals surface area contributed by atoms with Crippen molar-refractivity contribution in [2.45, 2.75) is 6.92 Å². The molecule has 1 aliphatic heterocycles. The number of aliphatic imine (C=N–C) groups is 1. The van der Waals surface area contributed by atoms with Crippen LogP contribution in [-0.4, -0.2) is 81.8 Å². The molecule has 0 aromatic heterocycles. The number of rotatable bonds is 5. The van der Waals surface area contributed by atoms with Gasteiger partial charge in [-0.3, -0.25) is 4.99 Å². The molecule has 2 rings (SSSR count). The van der Waals surface area contributed by atoms with Crippen LogP contribution in [0.2, 0.25) is 0 Å². The van der Waals surface area contributed by atoms with E-state index in [9.17, 15) is 4.79 Å². The van der Waals surface area contributed by atoms with Crippen LogP contribution in [-0.2, 0) is 4.74 Å². The second-order valence-corrected chi connectivity index (χ2v) is 5.90. The van der Waals surface area contributed by atoms with E-state index in [1.165, 1.54) is 5.69 Å². The van der Waals surface area contributed by atoms with Gasteiger partial charge in [-0.1, -0.05) is 18.2 Å². The zero-order chi connectivity index (χ0) is 18.1. The average molecular weight is 475 g/mol. The van der Waals surface area contributed by atoms with E-state index in [-0.39, 0.29) is 30.1 Å². The summed E-state index contributed by atoms with van der Waals surface area (Å²) in [5.74, 6) is 0.880. The van der Waals surface area contributed by atoms with Crippen molar-refractivity contribution in [1.82, 2.24) is 15.1 Å². The summed E-state index contributed by atoms with van der Waals surface area (Å²) >= 11 is 0. The average Bonchev–Trinajstić information content (AvgIpc) is 2.66. The Morgan fingerprint density at radius 2 is 1.81 bits per heavy atom. The molecule has 1 N–H and O–H groups in total. The number of likely N-dealkylation sites (N-methyl/N-ethyl adjacent to an activating group) is 1. The number of hydrogen-bond acceptors (Lipinski definition) is 4. The lowest BCUT2D eigenvalue weighted by Gasteiger charge is -2.36. The maximum absolute atomic E-state index is 11.8. The standard InChI is InChI=1S/C18H29N5O2.HI/c1-4-25-18(24)23-14-12-22(13-15-23)17(19-2)20-10-11-21(3)16-8-6-5-7-9-16;/h5-9H,4,10-15H2,1-3H3,(H,19,20);1H. The maximum Gasteiger partial charge on any atom is 0.409 e. The highest BCUT2D eigenvalue weighted by molar-refractivity contribution is 14.0. The van der Waals surface area contributed by atoms with Gasteiger partial charge in [0.2, 0.25) is 0 Å². The molecule has 0 unspecified atom stereocenters. The fraction of sp³-hybridized carbons (Fsp3) is 0.556. The van der Waals surface area contributed by atoms with E-state index < -0.39 is 0 Å². The predicted molar refractivity (Wildman–Crippen MR) is 117 cm³/mol. The van der Waals surface area contributed by atoms with E-state index in [0.29, 0.717) is 19.7 Å². The van der Waals surface area contributed by atoms with Crippen molar-refractivity contribution < 1.29 is 9.53 Å². The van der Waals surface area contributed by atoms with Gasteiger partial charge in [0.25, 0.3) is 0 Å². The fourth-order valence-corrected chi connectivity index (χ4v) is 2.79. The van der Waals surface area contributed by atoms with E-state index in [1.807, 2.05) is 25.1 Å². The Morgan fingerprint density at radius 1 is 1.19 bits per heavy atom. The molecule has 146 valence electrons. The molecule has 1 saturated heterocycles. The van der Waals surface area contributed by atoms with E-state index >= 15 is 0 Å². The first-order valence-corrected chi connectivity index (χ1v) is 8.79. The normalized spacial score (nSPS) is 14.5. The first-order chi connectivity index (χ1) is 12.2. The van der Waals surface area contributed by atoms with Crippen LogP contribution < -0.4 is 10.2 Å². The largest absolute Gasteiger partial charge is 0.450 e. The summed E-state index contributed by atoms with van der Waals surface area (Å²) in [5, 5.41) is 3.41. The lowest BCUT2D eigenvalue weighted by molar-refractivity contribution is 0.0915. The van der Waals surface area contributed by atoms with Gasteiger partial charge in [-0.15, -0.1) is 24.0 Å². The van der Waals surface area contributed by atoms with Crippen LogP contribution >= 0.6 is 24.0 Å². The molecule has 1 aromatic rings. The van der Waals surface area contributed by atoms with Crippen LogP contribution in [0.25, 0.3) is 0 Å². The third kappa shape index (κ3) is 6.54. The van der Waals surface area contributed by atoms with Crippen molar-refractivity contribution >= 4 is 41.7 Å². The minimum atomic E-state index is -0.227. The lowest BCUT2D eigenvalue weighted by Crippen LogP contribution is -2.54. The Labute approximate surface area is 173 Å². The number of piperazine rings is 1. The summed E-state index contributed by atoms with van der Waals surface area (Å²) in [7, 11) is 3.87. The number of nitrogens with one attached hydrogen (secondary N) is 1. The summed E-state index contributed by atoms with van der Waals surface area (Å²) < 4.78 is 5.05. The van der Waals surface area contributed by atoms with Gasteiger partial charge >= 0.3 is 6.09 Å². The molecule has 0 radical (unpaired) electrons. The lowest BCUT2D eigenvalue weighted by atomic mass is 10.3. The summed E-state index contributed by atoms with van der Waals surface area (Å²) in [4.78, 5) is 22.3. The SMILES string of the molecule is CCOC(=O)N1CCN(C(=NC)NCCN(C)c2ccccc2)CC1.I. The molecule has 1 heterocycles. The molecule has 1 aliphatic rings. The Bertz CT molecular complexity index is 562. The topological polar surface area (TPSA) is 60.4 Å². The maximum atomic E-state index is 11.8. The van der Waals surface area contributed by atoms with Crippen molar-refractivity contribution in [1.29, 1.82) is 0 Å². The zero-order valence-corrected chi connectivity index (χ0v) is 18.2. The number of para-hydroxylation sites is 1. The third-order valence-corrected chi connectivity index (χ3v) is 4.24. The monoisotopic (exact) mass is 475 g/mol. The van der Waals surface area contributed by atoms with Crippen LogP contribution in [0.15, 0.2) is 35.3 Å². The van der Waals surface area contributed by atoms with Gasteiger partial charge < -0.3 is 24.8 Å². The number of halogens is 1. The minimum absolute atomic E-state index is 0. The highest BCUT2D eigenvalue weighted by Crippen LogP contribution is 2.10. The molecule has 1 aromatic carbocycles. The predicted octanol–water partition coefficient (Wildman–Crippen LogP) is 2.09. The molecule has 8 heteroatoms. The van der Waals surface area contributed by atoms with Crippen molar-refractivity contribution in [2.24, 2.45) is 4.99 Å². The van der Waals surface area contributed by atoms with Crippen LogP contribution in [0.3, 0.4) is 0 Å². The number of hydrogen-bond donors (Lipinski definition) is 1. The Morgan fingerprint density at radius 3 is 2.38 bits per heavy atom. The van der Waals surface area contributed by atoms with Crippen molar-refractivity contribution in [2.75, 3.05) is 64.9 Å². The van der Waals surface area contributed by atoms with E-state index in [4.69, 9.17) is 4.74 Å². The van der Waals surface area contributed by atoms with Crippen LogP contribution in [0.5, 0.6) is 0 Å². The van der Waals surface area contributed by atoms with Crippen LogP contribution in [0, 0.1) is 0 Å². The summed E-state index contributed by atoms with van der Waals surface area (Å²) in [6.45, 7) is 6.75. The van der Waals surface area contributed by atoms with Crippen LogP contribution in [0.1, 0.15) is 6.92 Å². The molecule has 0 aliphatic carbocycles. The molecule has 1 amide bonds. The molecule has 0 bridgehead atoms. The second-order valence-electron chi connectivity index (χ2n) is 5.90. The van der Waals surface area contributed by atoms with Crippen LogP contribution in [0.4, 0.5) is 10.5 Å². The van der Waals surface area contributed by atoms with Gasteiger partial charge in [0.1, 0.15) is 0 Å². The highest BCUT2D eigenvalue weighted by atomic mass is 127. The van der Waals surface area contributed by atoms with Gasteiger partial charge in [-0.2, -0.15) is 0 Å². The molecule has 0 atom stereocenters. The molecule has 26 heavy (non-hydrogen) atoms. The van der Waals surface area contributed by atoms with E-state index in [2.05, 4.69) is 39.3 Å². The Balaban J connectivity index is 0.00000338. The van der Waals surface area contributed by atoms with Crippen molar-refractivity contribution in [3.8, 4) is 0 Å². The number of carbonyl (C=O) groups is 1. The molecule has 0 spiro atoms. The highest BCUT2D eigenvalue weighted by Gasteiger charge is 2.23. The van der Waals surface area contributed by atoms with Gasteiger partial charge in [0.15, 0.2) is 5.96 Å². The minimum Gasteiger partial charge on any atom is -0.450 e. The van der Waals surface area contributed by atoms with Gasteiger partial charge in [0, 0.05) is 59.1 Å². The molecule has 1 fully saturated rings. The van der Waals surface area contributed by atoms with Crippen molar-refractivity contribution in [3.05, 3.63) is 30.3 Å². The summed E-state index contributed by atoms with van der Waals surface area (Å²) in [6.07, 6.45) is -0.227. The molecule has 7 nitrogen and oxygen atoms in total. The number of carbonyl (C=O) groups excluding carboxylic acids is 1. The molecular formula is C18H30IN5O2. The quantitative estimate of drug-likeness (QED) is 0.402. The van der Waals surface area contributed by atoms with Gasteiger partial charge in [-0.25, -0.2) is 4.79 Å². The number of benzene rings is 1. The summed E-state index contributed by atoms with van der Waals surface area (Å²) in [5.41, 5.74) is 1.20. The van der Waals surface area contributed by atoms with Gasteiger partial charge in [-0.05, 0) is 19.1 Å². The third-order valence-electron chi connectivity index (χ3n) is 4.24. The number of amides is 1. The number of nitrogens with zero attached hydrogens (tertiary/aromatic N) is 4. The van der Waals surface area contributed by atoms with E-state index in [0.717, 1.165) is 32.1 Å². The Kier molecular flexibility index (Phi) is 10.2. The molecule has 0 saturated carbocycles. The summed E-state index contributed by atoms with van der Waals surface area (Å²) in [6, 6.07) is 10.3. The molecular weight excluding hydrogens is 445 g/mol. The smallest absolute Gasteiger partial charge is 0.409 e. The fourth-order valence-electron chi connectivity index (χ4n) is 2.79. The van der Waals surface area contributed by atoms with E-state index in [1.54, 1.807) is 11.9 Å². The zero-order valence-electron chi connectivity index (χ0n) is 15.9.